The molecule has 0 aliphatic rings. The fraction of sp³-hybridized carbons (Fsp3) is 0.182. The van der Waals surface area contributed by atoms with Gasteiger partial charge in [0.05, 0.1) is 10.6 Å². The van der Waals surface area contributed by atoms with Crippen LogP contribution in [0.15, 0.2) is 83.8 Å². The Bertz CT molecular complexity index is 1190. The van der Waals surface area contributed by atoms with E-state index in [1.807, 2.05) is 37.3 Å². The summed E-state index contributed by atoms with van der Waals surface area (Å²) in [5.41, 5.74) is 2.82. The molecule has 30 heavy (non-hydrogen) atoms. The first-order valence-electron chi connectivity index (χ1n) is 9.32. The maximum atomic E-state index is 12.6. The number of nitrogens with one attached hydrogen (secondary N) is 1. The lowest BCUT2D eigenvalue weighted by molar-refractivity contribution is 0.466. The van der Waals surface area contributed by atoms with Crippen LogP contribution in [-0.2, 0) is 32.3 Å². The fourth-order valence-corrected chi connectivity index (χ4v) is 5.10. The Morgan fingerprint density at radius 3 is 1.97 bits per heavy atom. The summed E-state index contributed by atoms with van der Waals surface area (Å²) in [4.78, 5) is 0.169. The molecule has 3 aromatic rings. The second kappa shape index (κ2) is 8.99. The van der Waals surface area contributed by atoms with Crippen LogP contribution >= 0.6 is 0 Å². The van der Waals surface area contributed by atoms with Gasteiger partial charge in [0.25, 0.3) is 10.0 Å². The molecule has 0 radical (unpaired) electrons. The van der Waals surface area contributed by atoms with Gasteiger partial charge in [0, 0.05) is 19.3 Å². The van der Waals surface area contributed by atoms with Crippen LogP contribution in [0.5, 0.6) is 0 Å². The van der Waals surface area contributed by atoms with Crippen LogP contribution in [0.25, 0.3) is 0 Å². The zero-order valence-corrected chi connectivity index (χ0v) is 18.4. The number of aryl methyl sites for hydroxylation is 1. The topological polar surface area (TPSA) is 83.5 Å². The smallest absolute Gasteiger partial charge is 0.261 e. The summed E-state index contributed by atoms with van der Waals surface area (Å²) in [6.45, 7) is 2.17. The van der Waals surface area contributed by atoms with Crippen LogP contribution in [0.3, 0.4) is 0 Å². The molecule has 0 spiro atoms. The highest BCUT2D eigenvalue weighted by molar-refractivity contribution is 7.92. The number of nitrogens with zero attached hydrogens (tertiary/aromatic N) is 1. The average molecular weight is 445 g/mol. The van der Waals surface area contributed by atoms with Gasteiger partial charge in [-0.05, 0) is 42.3 Å². The highest BCUT2D eigenvalue weighted by Gasteiger charge is 2.19. The number of anilines is 1. The van der Waals surface area contributed by atoms with Crippen molar-refractivity contribution in [3.8, 4) is 0 Å². The molecule has 0 aliphatic carbocycles. The number of sulfonamides is 2. The molecule has 3 aromatic carbocycles. The maximum absolute atomic E-state index is 12.6. The van der Waals surface area contributed by atoms with Crippen molar-refractivity contribution < 1.29 is 16.8 Å². The predicted molar refractivity (Wildman–Crippen MR) is 119 cm³/mol. The van der Waals surface area contributed by atoms with Gasteiger partial charge in [0.1, 0.15) is 0 Å². The van der Waals surface area contributed by atoms with Crippen molar-refractivity contribution in [2.45, 2.75) is 24.1 Å². The Morgan fingerprint density at radius 1 is 0.767 bits per heavy atom. The number of hydrogen-bond acceptors (Lipinski definition) is 4. The van der Waals surface area contributed by atoms with Crippen molar-refractivity contribution in [2.75, 3.05) is 11.8 Å². The van der Waals surface area contributed by atoms with Crippen LogP contribution in [0, 0.1) is 6.92 Å². The van der Waals surface area contributed by atoms with Crippen molar-refractivity contribution in [3.63, 3.8) is 0 Å². The summed E-state index contributed by atoms with van der Waals surface area (Å²) >= 11 is 0. The quantitative estimate of drug-likeness (QED) is 0.573. The van der Waals surface area contributed by atoms with Gasteiger partial charge in [-0.15, -0.1) is 0 Å². The van der Waals surface area contributed by atoms with E-state index in [2.05, 4.69) is 4.72 Å². The first-order valence-corrected chi connectivity index (χ1v) is 12.4. The van der Waals surface area contributed by atoms with E-state index in [9.17, 15) is 16.8 Å². The minimum atomic E-state index is -3.70. The average Bonchev–Trinajstić information content (AvgIpc) is 2.70. The Labute approximate surface area is 178 Å². The molecular weight excluding hydrogens is 420 g/mol. The van der Waals surface area contributed by atoms with Gasteiger partial charge in [-0.2, -0.15) is 0 Å². The minimum absolute atomic E-state index is 0.165. The third-order valence-corrected chi connectivity index (χ3v) is 7.78. The number of rotatable bonds is 8. The van der Waals surface area contributed by atoms with E-state index < -0.39 is 20.0 Å². The van der Waals surface area contributed by atoms with Crippen molar-refractivity contribution in [1.29, 1.82) is 0 Å². The molecular formula is C22H24N2O4S2. The van der Waals surface area contributed by atoms with Crippen LogP contribution in [0.4, 0.5) is 5.69 Å². The summed E-state index contributed by atoms with van der Waals surface area (Å²) in [6.07, 6.45) is 0. The molecule has 0 saturated heterocycles. The van der Waals surface area contributed by atoms with E-state index in [0.717, 1.165) is 11.1 Å². The van der Waals surface area contributed by atoms with E-state index in [1.165, 1.54) is 4.31 Å². The van der Waals surface area contributed by atoms with E-state index in [0.29, 0.717) is 11.3 Å². The fourth-order valence-electron chi connectivity index (χ4n) is 2.86. The molecule has 1 N–H and O–H groups in total. The van der Waals surface area contributed by atoms with Gasteiger partial charge < -0.3 is 0 Å². The first kappa shape index (κ1) is 22.0. The van der Waals surface area contributed by atoms with Gasteiger partial charge in [-0.3, -0.25) is 4.72 Å². The standard InChI is InChI=1S/C22H24N2O4S2/c1-18-8-14-22(15-9-18)30(27,28)23-21-12-10-20(11-13-21)17-29(25,26)24(2)16-19-6-4-3-5-7-19/h3-15,23H,16-17H2,1-2H3. The molecule has 3 rings (SSSR count). The SMILES string of the molecule is Cc1ccc(S(=O)(=O)Nc2ccc(CS(=O)(=O)N(C)Cc3ccccc3)cc2)cc1. The second-order valence-electron chi connectivity index (χ2n) is 7.11. The van der Waals surface area contributed by atoms with Gasteiger partial charge >= 0.3 is 0 Å². The summed E-state index contributed by atoms with van der Waals surface area (Å²) < 4.78 is 54.1. The van der Waals surface area contributed by atoms with Crippen molar-refractivity contribution in [3.05, 3.63) is 95.6 Å². The zero-order chi connectivity index (χ0) is 21.8. The minimum Gasteiger partial charge on any atom is -0.280 e. The Kier molecular flexibility index (Phi) is 6.60. The molecule has 0 unspecified atom stereocenters. The second-order valence-corrected chi connectivity index (χ2v) is 10.9. The molecule has 0 saturated carbocycles. The third kappa shape index (κ3) is 5.69. The summed E-state index contributed by atoms with van der Waals surface area (Å²) in [5.74, 6) is -0.165. The molecule has 6 nitrogen and oxygen atoms in total. The molecule has 0 fully saturated rings. The van der Waals surface area contributed by atoms with Crippen molar-refractivity contribution in [1.82, 2.24) is 4.31 Å². The van der Waals surface area contributed by atoms with E-state index in [-0.39, 0.29) is 17.2 Å². The zero-order valence-electron chi connectivity index (χ0n) is 16.8. The summed E-state index contributed by atoms with van der Waals surface area (Å²) in [6, 6.07) is 22.3. The van der Waals surface area contributed by atoms with Crippen molar-refractivity contribution >= 4 is 25.7 Å². The van der Waals surface area contributed by atoms with E-state index >= 15 is 0 Å². The molecule has 0 heterocycles. The van der Waals surface area contributed by atoms with E-state index in [4.69, 9.17) is 0 Å². The maximum Gasteiger partial charge on any atom is 0.261 e. The molecule has 0 atom stereocenters. The Balaban J connectivity index is 1.67. The van der Waals surface area contributed by atoms with Crippen LogP contribution in [-0.4, -0.2) is 28.2 Å². The molecule has 158 valence electrons. The monoisotopic (exact) mass is 444 g/mol. The molecule has 8 heteroatoms. The lowest BCUT2D eigenvalue weighted by atomic mass is 10.2. The number of benzene rings is 3. The van der Waals surface area contributed by atoms with Crippen LogP contribution in [0.1, 0.15) is 16.7 Å². The summed E-state index contributed by atoms with van der Waals surface area (Å²) in [5, 5.41) is 0. The van der Waals surface area contributed by atoms with Crippen molar-refractivity contribution in [2.24, 2.45) is 0 Å². The highest BCUT2D eigenvalue weighted by Crippen LogP contribution is 2.19. The molecule has 0 bridgehead atoms. The third-order valence-electron chi connectivity index (χ3n) is 4.61. The van der Waals surface area contributed by atoms with Gasteiger partial charge in [0.15, 0.2) is 0 Å². The lowest BCUT2D eigenvalue weighted by Gasteiger charge is -2.17. The highest BCUT2D eigenvalue weighted by atomic mass is 32.2. The van der Waals surface area contributed by atoms with Crippen LogP contribution in [0.2, 0.25) is 0 Å². The van der Waals surface area contributed by atoms with Crippen LogP contribution < -0.4 is 4.72 Å². The largest absolute Gasteiger partial charge is 0.280 e. The Morgan fingerprint density at radius 2 is 1.37 bits per heavy atom. The first-order chi connectivity index (χ1) is 14.2. The predicted octanol–water partition coefficient (Wildman–Crippen LogP) is 3.76. The number of hydrogen-bond donors (Lipinski definition) is 1. The normalized spacial score (nSPS) is 12.1. The Hall–Kier alpha value is -2.68. The van der Waals surface area contributed by atoms with E-state index in [1.54, 1.807) is 55.6 Å². The molecule has 0 aromatic heterocycles. The lowest BCUT2D eigenvalue weighted by Crippen LogP contribution is -2.27. The van der Waals surface area contributed by atoms with Gasteiger partial charge in [-0.25, -0.2) is 21.1 Å². The van der Waals surface area contributed by atoms with Gasteiger partial charge in [0.2, 0.25) is 10.0 Å². The summed E-state index contributed by atoms with van der Waals surface area (Å²) in [7, 11) is -5.67. The molecule has 0 amide bonds. The molecule has 0 aliphatic heterocycles. The van der Waals surface area contributed by atoms with Gasteiger partial charge in [-0.1, -0.05) is 60.2 Å².